The SMILES string of the molecule is C#CCCCCNC(=O)CCCCCCCC. The number of carbonyl (C=O) groups excluding carboxylic acids is 1. The Bertz CT molecular complexity index is 217. The minimum absolute atomic E-state index is 0.196. The van der Waals surface area contributed by atoms with E-state index in [0.29, 0.717) is 6.42 Å². The minimum Gasteiger partial charge on any atom is -0.356 e. The number of hydrogen-bond donors (Lipinski definition) is 1. The molecule has 0 aromatic rings. The van der Waals surface area contributed by atoms with Crippen LogP contribution in [-0.4, -0.2) is 12.5 Å². The van der Waals surface area contributed by atoms with E-state index in [1.54, 1.807) is 0 Å². The van der Waals surface area contributed by atoms with Crippen molar-refractivity contribution in [3.05, 3.63) is 0 Å². The van der Waals surface area contributed by atoms with E-state index in [2.05, 4.69) is 18.2 Å². The van der Waals surface area contributed by atoms with E-state index in [9.17, 15) is 4.79 Å². The van der Waals surface area contributed by atoms with Crippen LogP contribution in [0.25, 0.3) is 0 Å². The highest BCUT2D eigenvalue weighted by atomic mass is 16.1. The van der Waals surface area contributed by atoms with Crippen molar-refractivity contribution in [2.75, 3.05) is 6.54 Å². The highest BCUT2D eigenvalue weighted by molar-refractivity contribution is 5.75. The van der Waals surface area contributed by atoms with Gasteiger partial charge in [-0.3, -0.25) is 4.79 Å². The molecule has 0 aliphatic carbocycles. The first-order valence-electron chi connectivity index (χ1n) is 7.01. The predicted octanol–water partition coefficient (Wildman–Crippen LogP) is 3.66. The van der Waals surface area contributed by atoms with Crippen molar-refractivity contribution in [3.63, 3.8) is 0 Å². The summed E-state index contributed by atoms with van der Waals surface area (Å²) >= 11 is 0. The molecule has 0 rings (SSSR count). The molecule has 1 N–H and O–H groups in total. The van der Waals surface area contributed by atoms with Crippen molar-refractivity contribution in [1.82, 2.24) is 5.32 Å². The van der Waals surface area contributed by atoms with Crippen molar-refractivity contribution in [2.45, 2.75) is 71.1 Å². The maximum atomic E-state index is 11.4. The van der Waals surface area contributed by atoms with Crippen LogP contribution in [0.5, 0.6) is 0 Å². The first kappa shape index (κ1) is 16.0. The van der Waals surface area contributed by atoms with Crippen LogP contribution in [0.15, 0.2) is 0 Å². The molecule has 98 valence electrons. The zero-order valence-electron chi connectivity index (χ0n) is 11.3. The quantitative estimate of drug-likeness (QED) is 0.431. The highest BCUT2D eigenvalue weighted by Gasteiger charge is 1.99. The summed E-state index contributed by atoms with van der Waals surface area (Å²) in [6.07, 6.45) is 16.0. The minimum atomic E-state index is 0.196. The molecule has 0 aromatic carbocycles. The molecule has 2 heteroatoms. The van der Waals surface area contributed by atoms with Crippen molar-refractivity contribution in [1.29, 1.82) is 0 Å². The molecule has 0 saturated heterocycles. The van der Waals surface area contributed by atoms with Crippen LogP contribution in [0.3, 0.4) is 0 Å². The zero-order valence-corrected chi connectivity index (χ0v) is 11.3. The molecule has 0 aliphatic rings. The fourth-order valence-corrected chi connectivity index (χ4v) is 1.73. The first-order chi connectivity index (χ1) is 8.31. The number of nitrogens with one attached hydrogen (secondary N) is 1. The van der Waals surface area contributed by atoms with E-state index in [-0.39, 0.29) is 5.91 Å². The van der Waals surface area contributed by atoms with Crippen LogP contribution < -0.4 is 5.32 Å². The monoisotopic (exact) mass is 237 g/mol. The Kier molecular flexibility index (Phi) is 12.3. The van der Waals surface area contributed by atoms with E-state index in [1.165, 1.54) is 32.1 Å². The number of rotatable bonds is 11. The smallest absolute Gasteiger partial charge is 0.219 e. The first-order valence-corrected chi connectivity index (χ1v) is 7.01. The Balaban J connectivity index is 3.15. The van der Waals surface area contributed by atoms with Gasteiger partial charge in [0.15, 0.2) is 0 Å². The Morgan fingerprint density at radius 1 is 1.06 bits per heavy atom. The zero-order chi connectivity index (χ0) is 12.8. The molecule has 17 heavy (non-hydrogen) atoms. The summed E-state index contributed by atoms with van der Waals surface area (Å²) in [5, 5.41) is 2.94. The molecule has 0 aromatic heterocycles. The third-order valence-electron chi connectivity index (χ3n) is 2.83. The molecular weight excluding hydrogens is 210 g/mol. The molecule has 0 unspecified atom stereocenters. The van der Waals surface area contributed by atoms with Gasteiger partial charge in [-0.1, -0.05) is 39.0 Å². The second-order valence-corrected chi connectivity index (χ2v) is 4.53. The lowest BCUT2D eigenvalue weighted by molar-refractivity contribution is -0.121. The van der Waals surface area contributed by atoms with Gasteiger partial charge >= 0.3 is 0 Å². The van der Waals surface area contributed by atoms with Crippen LogP contribution in [0.2, 0.25) is 0 Å². The van der Waals surface area contributed by atoms with Gasteiger partial charge in [0.05, 0.1) is 0 Å². The van der Waals surface area contributed by atoms with Crippen LogP contribution in [0.1, 0.15) is 71.1 Å². The van der Waals surface area contributed by atoms with Crippen molar-refractivity contribution in [3.8, 4) is 12.3 Å². The second-order valence-electron chi connectivity index (χ2n) is 4.53. The molecule has 0 heterocycles. The molecule has 0 bridgehead atoms. The Morgan fingerprint density at radius 3 is 2.47 bits per heavy atom. The van der Waals surface area contributed by atoms with Gasteiger partial charge in [-0.05, 0) is 19.3 Å². The summed E-state index contributed by atoms with van der Waals surface area (Å²) in [5.74, 6) is 2.80. The average molecular weight is 237 g/mol. The maximum Gasteiger partial charge on any atom is 0.219 e. The molecule has 2 nitrogen and oxygen atoms in total. The topological polar surface area (TPSA) is 29.1 Å². The van der Waals surface area contributed by atoms with Crippen molar-refractivity contribution >= 4 is 5.91 Å². The largest absolute Gasteiger partial charge is 0.356 e. The lowest BCUT2D eigenvalue weighted by atomic mass is 10.1. The average Bonchev–Trinajstić information content (AvgIpc) is 2.33. The third-order valence-corrected chi connectivity index (χ3v) is 2.83. The fourth-order valence-electron chi connectivity index (χ4n) is 1.73. The van der Waals surface area contributed by atoms with Gasteiger partial charge in [0.25, 0.3) is 0 Å². The summed E-state index contributed by atoms with van der Waals surface area (Å²) in [5.41, 5.74) is 0. The Morgan fingerprint density at radius 2 is 1.76 bits per heavy atom. The summed E-state index contributed by atoms with van der Waals surface area (Å²) in [4.78, 5) is 11.4. The van der Waals surface area contributed by atoms with Crippen molar-refractivity contribution in [2.24, 2.45) is 0 Å². The predicted molar refractivity (Wildman–Crippen MR) is 73.7 cm³/mol. The van der Waals surface area contributed by atoms with Crippen LogP contribution in [0, 0.1) is 12.3 Å². The molecular formula is C15H27NO. The molecule has 1 amide bonds. The van der Waals surface area contributed by atoms with E-state index in [1.807, 2.05) is 0 Å². The number of carbonyl (C=O) groups is 1. The summed E-state index contributed by atoms with van der Waals surface area (Å²) < 4.78 is 0. The van der Waals surface area contributed by atoms with Gasteiger partial charge in [-0.15, -0.1) is 12.3 Å². The molecule has 0 radical (unpaired) electrons. The third kappa shape index (κ3) is 13.0. The van der Waals surface area contributed by atoms with Gasteiger partial charge in [0.1, 0.15) is 0 Å². The van der Waals surface area contributed by atoms with E-state index >= 15 is 0 Å². The molecule has 0 saturated carbocycles. The lowest BCUT2D eigenvalue weighted by Crippen LogP contribution is -2.23. The normalized spacial score (nSPS) is 9.88. The molecule has 0 spiro atoms. The Hall–Kier alpha value is -0.970. The summed E-state index contributed by atoms with van der Waals surface area (Å²) in [6, 6.07) is 0. The van der Waals surface area contributed by atoms with Crippen molar-refractivity contribution < 1.29 is 4.79 Å². The van der Waals surface area contributed by atoms with Gasteiger partial charge in [0, 0.05) is 19.4 Å². The molecule has 0 aliphatic heterocycles. The second kappa shape index (κ2) is 13.1. The van der Waals surface area contributed by atoms with E-state index in [4.69, 9.17) is 6.42 Å². The van der Waals surface area contributed by atoms with E-state index in [0.717, 1.165) is 32.2 Å². The Labute approximate surface area is 107 Å². The highest BCUT2D eigenvalue weighted by Crippen LogP contribution is 2.06. The number of hydrogen-bond acceptors (Lipinski definition) is 1. The van der Waals surface area contributed by atoms with Crippen LogP contribution >= 0.6 is 0 Å². The maximum absolute atomic E-state index is 11.4. The standard InChI is InChI=1S/C15H27NO/c1-3-5-7-9-10-11-13-15(17)16-14-12-8-6-4-2/h2H,3,5-14H2,1H3,(H,16,17). The van der Waals surface area contributed by atoms with Crippen LogP contribution in [0.4, 0.5) is 0 Å². The molecule has 0 atom stereocenters. The summed E-state index contributed by atoms with van der Waals surface area (Å²) in [6.45, 7) is 2.99. The fraction of sp³-hybridized carbons (Fsp3) is 0.800. The molecule has 0 fully saturated rings. The number of unbranched alkanes of at least 4 members (excludes halogenated alkanes) is 7. The van der Waals surface area contributed by atoms with Gasteiger partial charge in [0.2, 0.25) is 5.91 Å². The van der Waals surface area contributed by atoms with Gasteiger partial charge in [-0.25, -0.2) is 0 Å². The van der Waals surface area contributed by atoms with E-state index < -0.39 is 0 Å². The van der Waals surface area contributed by atoms with Crippen LogP contribution in [-0.2, 0) is 4.79 Å². The van der Waals surface area contributed by atoms with Gasteiger partial charge in [-0.2, -0.15) is 0 Å². The number of amides is 1. The number of terminal acetylenes is 1. The summed E-state index contributed by atoms with van der Waals surface area (Å²) in [7, 11) is 0. The van der Waals surface area contributed by atoms with Gasteiger partial charge < -0.3 is 5.32 Å². The lowest BCUT2D eigenvalue weighted by Gasteiger charge is -2.04.